The second-order valence-electron chi connectivity index (χ2n) is 7.24. The van der Waals surface area contributed by atoms with E-state index in [-0.39, 0.29) is 12.1 Å². The van der Waals surface area contributed by atoms with Crippen LogP contribution in [-0.4, -0.2) is 54.2 Å². The maximum absolute atomic E-state index is 12.5. The van der Waals surface area contributed by atoms with E-state index in [4.69, 9.17) is 9.47 Å². The van der Waals surface area contributed by atoms with Crippen LogP contribution in [0.3, 0.4) is 0 Å². The number of nitrogens with one attached hydrogen (secondary N) is 4. The normalized spacial score (nSPS) is 15.6. The molecule has 0 saturated carbocycles. The zero-order chi connectivity index (χ0) is 20.8. The maximum atomic E-state index is 12.5. The number of nitrogens with zero attached hydrogens (tertiary/aromatic N) is 2. The van der Waals surface area contributed by atoms with E-state index >= 15 is 0 Å². The summed E-state index contributed by atoms with van der Waals surface area (Å²) in [6.45, 7) is 1.88. The number of anilines is 2. The number of benzene rings is 1. The summed E-state index contributed by atoms with van der Waals surface area (Å²) in [7, 11) is 1.61. The summed E-state index contributed by atoms with van der Waals surface area (Å²) in [5.41, 5.74) is 1.77. The molecule has 9 heteroatoms. The summed E-state index contributed by atoms with van der Waals surface area (Å²) < 4.78 is 10.6. The maximum Gasteiger partial charge on any atom is 0.320 e. The van der Waals surface area contributed by atoms with Gasteiger partial charge in [0.2, 0.25) is 0 Å². The van der Waals surface area contributed by atoms with Crippen molar-refractivity contribution in [1.29, 1.82) is 0 Å². The Hall–Kier alpha value is -3.17. The highest BCUT2D eigenvalue weighted by molar-refractivity contribution is 5.94. The van der Waals surface area contributed by atoms with Crippen molar-refractivity contribution in [2.24, 2.45) is 0 Å². The summed E-state index contributed by atoms with van der Waals surface area (Å²) in [5.74, 6) is 1.20. The van der Waals surface area contributed by atoms with Gasteiger partial charge in [0.25, 0.3) is 0 Å². The third-order valence-electron chi connectivity index (χ3n) is 5.09. The minimum absolute atomic E-state index is 0.262. The number of carbonyl (C=O) groups excluding carboxylic acids is 1. The van der Waals surface area contributed by atoms with Crippen molar-refractivity contribution >= 4 is 28.6 Å². The Morgan fingerprint density at radius 1 is 1.30 bits per heavy atom. The summed E-state index contributed by atoms with van der Waals surface area (Å²) in [4.78, 5) is 16.9. The molecule has 1 saturated heterocycles. The number of aromatic amines is 1. The fourth-order valence-electron chi connectivity index (χ4n) is 3.51. The van der Waals surface area contributed by atoms with Crippen LogP contribution in [0.4, 0.5) is 16.4 Å². The van der Waals surface area contributed by atoms with Gasteiger partial charge >= 0.3 is 6.03 Å². The number of H-pyrrole nitrogens is 1. The third kappa shape index (κ3) is 4.87. The molecule has 1 fully saturated rings. The highest BCUT2D eigenvalue weighted by atomic mass is 16.5. The molecule has 30 heavy (non-hydrogen) atoms. The fourth-order valence-corrected chi connectivity index (χ4v) is 3.51. The van der Waals surface area contributed by atoms with E-state index in [1.807, 2.05) is 30.3 Å². The van der Waals surface area contributed by atoms with E-state index in [1.165, 1.54) is 0 Å². The average Bonchev–Trinajstić information content (AvgIpc) is 3.16. The Labute approximate surface area is 174 Å². The largest absolute Gasteiger partial charge is 0.382 e. The molecule has 4 rings (SSSR count). The van der Waals surface area contributed by atoms with Crippen LogP contribution in [0.5, 0.6) is 0 Å². The number of rotatable bonds is 7. The standard InChI is InChI=1S/C21H26N6O3/c1-29-13-18(14-5-3-2-4-6-14)24-21(28)25-19-11-17-16(12-22-19)20(27-26-17)23-15-7-9-30-10-8-15/h2-6,11-12,15,18H,7-10,13H2,1H3,(H2,23,26,27)(H2,22,24,25,28)/t18-/m1/s1. The van der Waals surface area contributed by atoms with Crippen LogP contribution in [-0.2, 0) is 9.47 Å². The SMILES string of the molecule is COC[C@@H](NC(=O)Nc1cc2[nH]nc(NC3CCOCC3)c2cn1)c1ccccc1. The number of hydrogen-bond donors (Lipinski definition) is 4. The van der Waals surface area contributed by atoms with Gasteiger partial charge in [0.15, 0.2) is 5.82 Å². The van der Waals surface area contributed by atoms with Crippen LogP contribution < -0.4 is 16.0 Å². The topological polar surface area (TPSA) is 113 Å². The van der Waals surface area contributed by atoms with Crippen molar-refractivity contribution in [3.63, 3.8) is 0 Å². The number of ether oxygens (including phenoxy) is 2. The summed E-state index contributed by atoms with van der Waals surface area (Å²) >= 11 is 0. The first-order valence-corrected chi connectivity index (χ1v) is 10.0. The van der Waals surface area contributed by atoms with Crippen LogP contribution in [0.15, 0.2) is 42.6 Å². The van der Waals surface area contributed by atoms with Gasteiger partial charge in [-0.2, -0.15) is 5.10 Å². The molecular weight excluding hydrogens is 384 g/mol. The molecule has 4 N–H and O–H groups in total. The van der Waals surface area contributed by atoms with Gasteiger partial charge in [-0.05, 0) is 18.4 Å². The summed E-state index contributed by atoms with van der Waals surface area (Å²) in [6, 6.07) is 11.2. The lowest BCUT2D eigenvalue weighted by Crippen LogP contribution is -2.35. The van der Waals surface area contributed by atoms with Gasteiger partial charge in [0.05, 0.1) is 23.6 Å². The molecule has 1 aliphatic rings. The van der Waals surface area contributed by atoms with Gasteiger partial charge in [0.1, 0.15) is 5.82 Å². The average molecular weight is 410 g/mol. The number of aromatic nitrogens is 3. The minimum atomic E-state index is -0.354. The highest BCUT2D eigenvalue weighted by Crippen LogP contribution is 2.24. The second kappa shape index (κ2) is 9.55. The van der Waals surface area contributed by atoms with Gasteiger partial charge < -0.3 is 20.1 Å². The molecule has 1 aromatic carbocycles. The Bertz CT molecular complexity index is 971. The minimum Gasteiger partial charge on any atom is -0.382 e. The molecule has 1 aliphatic heterocycles. The van der Waals surface area contributed by atoms with E-state index in [0.29, 0.717) is 18.5 Å². The zero-order valence-corrected chi connectivity index (χ0v) is 16.9. The first-order valence-electron chi connectivity index (χ1n) is 10.0. The molecule has 1 atom stereocenters. The Balaban J connectivity index is 1.41. The lowest BCUT2D eigenvalue weighted by molar-refractivity contribution is 0.0904. The van der Waals surface area contributed by atoms with Gasteiger partial charge in [0, 0.05) is 38.6 Å². The Morgan fingerprint density at radius 2 is 2.10 bits per heavy atom. The monoisotopic (exact) mass is 410 g/mol. The van der Waals surface area contributed by atoms with Crippen LogP contribution in [0.2, 0.25) is 0 Å². The van der Waals surface area contributed by atoms with Gasteiger partial charge in [-0.1, -0.05) is 30.3 Å². The van der Waals surface area contributed by atoms with E-state index in [2.05, 4.69) is 31.1 Å². The fraction of sp³-hybridized carbons (Fsp3) is 0.381. The number of methoxy groups -OCH3 is 1. The van der Waals surface area contributed by atoms with Crippen LogP contribution >= 0.6 is 0 Å². The van der Waals surface area contributed by atoms with Crippen molar-refractivity contribution < 1.29 is 14.3 Å². The molecule has 0 bridgehead atoms. The quantitative estimate of drug-likeness (QED) is 0.476. The van der Waals surface area contributed by atoms with Crippen LogP contribution in [0.25, 0.3) is 10.9 Å². The molecular formula is C21H26N6O3. The summed E-state index contributed by atoms with van der Waals surface area (Å²) in [5, 5.41) is 17.4. The predicted octanol–water partition coefficient (Wildman–Crippen LogP) is 3.06. The molecule has 0 unspecified atom stereocenters. The zero-order valence-electron chi connectivity index (χ0n) is 16.9. The van der Waals surface area contributed by atoms with Gasteiger partial charge in [-0.15, -0.1) is 0 Å². The molecule has 2 aromatic heterocycles. The number of pyridine rings is 1. The first-order chi connectivity index (χ1) is 14.7. The molecule has 158 valence electrons. The van der Waals surface area contributed by atoms with Crippen molar-refractivity contribution in [2.45, 2.75) is 24.9 Å². The van der Waals surface area contributed by atoms with Crippen molar-refractivity contribution in [2.75, 3.05) is 37.6 Å². The number of urea groups is 1. The Morgan fingerprint density at radius 3 is 2.87 bits per heavy atom. The lowest BCUT2D eigenvalue weighted by Gasteiger charge is -2.23. The second-order valence-corrected chi connectivity index (χ2v) is 7.24. The molecule has 0 spiro atoms. The van der Waals surface area contributed by atoms with Crippen LogP contribution in [0.1, 0.15) is 24.4 Å². The van der Waals surface area contributed by atoms with Crippen molar-refractivity contribution in [3.8, 4) is 0 Å². The molecule has 9 nitrogen and oxygen atoms in total. The van der Waals surface area contributed by atoms with E-state index in [9.17, 15) is 4.79 Å². The molecule has 3 heterocycles. The highest BCUT2D eigenvalue weighted by Gasteiger charge is 2.18. The van der Waals surface area contributed by atoms with E-state index in [1.54, 1.807) is 19.4 Å². The molecule has 0 aliphatic carbocycles. The van der Waals surface area contributed by atoms with Crippen LogP contribution in [0, 0.1) is 0 Å². The molecule has 2 amide bonds. The smallest absolute Gasteiger partial charge is 0.320 e. The number of hydrogen-bond acceptors (Lipinski definition) is 6. The van der Waals surface area contributed by atoms with Gasteiger partial charge in [-0.25, -0.2) is 9.78 Å². The van der Waals surface area contributed by atoms with E-state index in [0.717, 1.165) is 48.3 Å². The Kier molecular flexibility index (Phi) is 6.41. The number of amides is 2. The number of carbonyl (C=O) groups is 1. The lowest BCUT2D eigenvalue weighted by atomic mass is 10.1. The van der Waals surface area contributed by atoms with Crippen molar-refractivity contribution in [3.05, 3.63) is 48.2 Å². The first kappa shape index (κ1) is 20.1. The third-order valence-corrected chi connectivity index (χ3v) is 5.09. The molecule has 0 radical (unpaired) electrons. The number of fused-ring (bicyclic) bond motifs is 1. The summed E-state index contributed by atoms with van der Waals surface area (Å²) in [6.07, 6.45) is 3.61. The molecule has 3 aromatic rings. The van der Waals surface area contributed by atoms with E-state index < -0.39 is 0 Å². The van der Waals surface area contributed by atoms with Crippen molar-refractivity contribution in [1.82, 2.24) is 20.5 Å². The van der Waals surface area contributed by atoms with Gasteiger partial charge in [-0.3, -0.25) is 10.4 Å². The predicted molar refractivity (Wildman–Crippen MR) is 115 cm³/mol.